The van der Waals surface area contributed by atoms with Crippen LogP contribution in [0.1, 0.15) is 63.3 Å². The molecular weight excluding hydrogens is 498 g/mol. The number of benzene rings is 1. The molecule has 1 amide bonds. The second-order valence-corrected chi connectivity index (χ2v) is 10.2. The molecule has 0 bridgehead atoms. The number of anilines is 2. The highest BCUT2D eigenvalue weighted by molar-refractivity contribution is 7.99. The van der Waals surface area contributed by atoms with Crippen LogP contribution in [-0.4, -0.2) is 44.8 Å². The first-order valence-electron chi connectivity index (χ1n) is 11.6. The molecule has 0 unspecified atom stereocenters. The van der Waals surface area contributed by atoms with E-state index in [9.17, 15) is 14.4 Å². The van der Waals surface area contributed by atoms with Gasteiger partial charge in [-0.3, -0.25) is 9.59 Å². The monoisotopic (exact) mass is 529 g/mol. The van der Waals surface area contributed by atoms with Crippen LogP contribution in [0.4, 0.5) is 10.7 Å². The molecule has 1 aromatic carbocycles. The van der Waals surface area contributed by atoms with E-state index < -0.39 is 5.97 Å². The van der Waals surface area contributed by atoms with Crippen molar-refractivity contribution < 1.29 is 19.1 Å². The van der Waals surface area contributed by atoms with Crippen molar-refractivity contribution in [3.63, 3.8) is 0 Å². The molecule has 0 aliphatic heterocycles. The summed E-state index contributed by atoms with van der Waals surface area (Å²) >= 11 is 2.34. The number of thioether (sulfide) groups is 1. The first kappa shape index (κ1) is 27.4. The van der Waals surface area contributed by atoms with Gasteiger partial charge < -0.3 is 19.9 Å². The molecule has 0 aliphatic rings. The molecule has 0 radical (unpaired) electrons. The van der Waals surface area contributed by atoms with Gasteiger partial charge in [0.15, 0.2) is 16.8 Å². The summed E-state index contributed by atoms with van der Waals surface area (Å²) in [4.78, 5) is 37.6. The predicted octanol–water partition coefficient (Wildman–Crippen LogP) is 5.01. The van der Waals surface area contributed by atoms with Crippen LogP contribution in [0.3, 0.4) is 0 Å². The third kappa shape index (κ3) is 6.33. The van der Waals surface area contributed by atoms with Gasteiger partial charge in [0, 0.05) is 12.2 Å². The average molecular weight is 530 g/mol. The maximum atomic E-state index is 12.8. The minimum Gasteiger partial charge on any atom is -0.462 e. The van der Waals surface area contributed by atoms with Crippen molar-refractivity contribution in [2.45, 2.75) is 59.8 Å². The van der Waals surface area contributed by atoms with Crippen LogP contribution in [0.15, 0.2) is 23.4 Å². The van der Waals surface area contributed by atoms with Gasteiger partial charge in [-0.15, -0.1) is 21.5 Å². The summed E-state index contributed by atoms with van der Waals surface area (Å²) in [5.41, 5.74) is 4.13. The third-order valence-corrected chi connectivity index (χ3v) is 7.73. The Kier molecular flexibility index (Phi) is 9.27. The fraction of sp³-hybridized carbons (Fsp3) is 0.400. The Labute approximate surface area is 219 Å². The van der Waals surface area contributed by atoms with Gasteiger partial charge in [0.25, 0.3) is 0 Å². The van der Waals surface area contributed by atoms with Gasteiger partial charge in [-0.25, -0.2) is 4.79 Å². The second kappa shape index (κ2) is 12.2. The Morgan fingerprint density at radius 2 is 1.89 bits per heavy atom. The molecule has 0 saturated heterocycles. The number of Topliss-reactive ketones (excluding diaryl/α,β-unsaturated/α-hetero) is 1. The molecule has 0 aliphatic carbocycles. The normalized spacial score (nSPS) is 10.8. The number of hydrogen-bond donors (Lipinski definition) is 2. The molecule has 2 heterocycles. The minimum absolute atomic E-state index is 0.0667. The smallest absolute Gasteiger partial charge is 0.341 e. The summed E-state index contributed by atoms with van der Waals surface area (Å²) < 4.78 is 7.09. The first-order chi connectivity index (χ1) is 17.2. The topological polar surface area (TPSA) is 115 Å². The van der Waals surface area contributed by atoms with Crippen LogP contribution in [0, 0.1) is 20.8 Å². The van der Waals surface area contributed by atoms with Crippen molar-refractivity contribution in [1.82, 2.24) is 14.8 Å². The maximum Gasteiger partial charge on any atom is 0.341 e. The molecule has 192 valence electrons. The summed E-state index contributed by atoms with van der Waals surface area (Å²) in [6.07, 6.45) is 0. The van der Waals surface area contributed by atoms with Crippen molar-refractivity contribution in [1.29, 1.82) is 0 Å². The molecular formula is C25H31N5O4S2. The maximum absolute atomic E-state index is 12.8. The zero-order chi connectivity index (χ0) is 26.4. The molecule has 0 saturated carbocycles. The van der Waals surface area contributed by atoms with E-state index in [0.29, 0.717) is 33.7 Å². The number of nitrogens with zero attached hydrogens (tertiary/aromatic N) is 3. The first-order valence-corrected chi connectivity index (χ1v) is 13.4. The van der Waals surface area contributed by atoms with Gasteiger partial charge in [-0.1, -0.05) is 29.5 Å². The molecule has 3 rings (SSSR count). The van der Waals surface area contributed by atoms with E-state index in [2.05, 4.69) is 46.8 Å². The standard InChI is InChI=1S/C25H31N5O4S2/c1-7-30-19(12-26-18-10-9-14(3)11-15(18)4)28-29-25(30)35-13-20(32)27-23-21(24(33)34-8-2)16(5)22(36-23)17(6)31/h9-11,26H,7-8,12-13H2,1-6H3,(H,27,32). The highest BCUT2D eigenvalue weighted by atomic mass is 32.2. The van der Waals surface area contributed by atoms with E-state index in [4.69, 9.17) is 4.74 Å². The summed E-state index contributed by atoms with van der Waals surface area (Å²) in [6, 6.07) is 6.22. The second-order valence-electron chi connectivity index (χ2n) is 8.19. The van der Waals surface area contributed by atoms with Crippen LogP contribution in [0.25, 0.3) is 0 Å². The third-order valence-electron chi connectivity index (χ3n) is 5.46. The number of esters is 1. The number of ketones is 1. The number of nitrogens with one attached hydrogen (secondary N) is 2. The van der Waals surface area contributed by atoms with Gasteiger partial charge in [0.2, 0.25) is 5.91 Å². The van der Waals surface area contributed by atoms with Gasteiger partial charge in [0.05, 0.1) is 29.3 Å². The lowest BCUT2D eigenvalue weighted by atomic mass is 10.1. The number of carbonyl (C=O) groups excluding carboxylic acids is 3. The van der Waals surface area contributed by atoms with Crippen LogP contribution in [0.2, 0.25) is 0 Å². The van der Waals surface area contributed by atoms with Gasteiger partial charge >= 0.3 is 5.97 Å². The highest BCUT2D eigenvalue weighted by Crippen LogP contribution is 2.34. The number of hydrogen-bond acceptors (Lipinski definition) is 9. The molecule has 2 N–H and O–H groups in total. The summed E-state index contributed by atoms with van der Waals surface area (Å²) in [5.74, 6) is -0.214. The summed E-state index contributed by atoms with van der Waals surface area (Å²) in [5, 5.41) is 15.7. The predicted molar refractivity (Wildman–Crippen MR) is 143 cm³/mol. The Balaban J connectivity index is 1.68. The highest BCUT2D eigenvalue weighted by Gasteiger charge is 2.25. The van der Waals surface area contributed by atoms with E-state index in [-0.39, 0.29) is 29.6 Å². The summed E-state index contributed by atoms with van der Waals surface area (Å²) in [6.45, 7) is 12.3. The zero-order valence-electron chi connectivity index (χ0n) is 21.4. The summed E-state index contributed by atoms with van der Waals surface area (Å²) in [7, 11) is 0. The number of carbonyl (C=O) groups is 3. The number of rotatable bonds is 11. The van der Waals surface area contributed by atoms with Crippen LogP contribution in [-0.2, 0) is 22.6 Å². The van der Waals surface area contributed by atoms with Gasteiger partial charge in [0.1, 0.15) is 5.00 Å². The molecule has 2 aromatic heterocycles. The Hall–Kier alpha value is -3.18. The van der Waals surface area contributed by atoms with Crippen molar-refractivity contribution in [3.05, 3.63) is 51.2 Å². The SMILES string of the molecule is CCOC(=O)c1c(NC(=O)CSc2nnc(CNc3ccc(C)cc3C)n2CC)sc(C(C)=O)c1C. The largest absolute Gasteiger partial charge is 0.462 e. The van der Waals surface area contributed by atoms with Gasteiger partial charge in [-0.2, -0.15) is 0 Å². The van der Waals surface area contributed by atoms with Gasteiger partial charge in [-0.05, 0) is 58.7 Å². The molecule has 0 fully saturated rings. The minimum atomic E-state index is -0.562. The molecule has 11 heteroatoms. The fourth-order valence-electron chi connectivity index (χ4n) is 3.74. The Morgan fingerprint density at radius 3 is 2.53 bits per heavy atom. The molecule has 9 nitrogen and oxygen atoms in total. The Morgan fingerprint density at radius 1 is 1.14 bits per heavy atom. The Bertz CT molecular complexity index is 1280. The lowest BCUT2D eigenvalue weighted by Crippen LogP contribution is -2.17. The zero-order valence-corrected chi connectivity index (χ0v) is 23.0. The lowest BCUT2D eigenvalue weighted by molar-refractivity contribution is -0.113. The molecule has 36 heavy (non-hydrogen) atoms. The van der Waals surface area contributed by atoms with Crippen LogP contribution in [0.5, 0.6) is 0 Å². The van der Waals surface area contributed by atoms with Crippen LogP contribution >= 0.6 is 23.1 Å². The van der Waals surface area contributed by atoms with E-state index >= 15 is 0 Å². The molecule has 0 spiro atoms. The fourth-order valence-corrected chi connectivity index (χ4v) is 5.67. The number of ether oxygens (including phenoxy) is 1. The van der Waals surface area contributed by atoms with E-state index in [1.54, 1.807) is 13.8 Å². The number of aryl methyl sites for hydroxylation is 2. The number of aromatic nitrogens is 3. The molecule has 3 aromatic rings. The van der Waals surface area contributed by atoms with Crippen molar-refractivity contribution in [3.8, 4) is 0 Å². The number of thiophene rings is 1. The van der Waals surface area contributed by atoms with E-state index in [1.165, 1.54) is 24.2 Å². The van der Waals surface area contributed by atoms with Crippen molar-refractivity contribution >= 4 is 51.4 Å². The van der Waals surface area contributed by atoms with E-state index in [0.717, 1.165) is 28.4 Å². The van der Waals surface area contributed by atoms with Crippen molar-refractivity contribution in [2.24, 2.45) is 0 Å². The quantitative estimate of drug-likeness (QED) is 0.202. The number of amides is 1. The van der Waals surface area contributed by atoms with E-state index in [1.807, 2.05) is 17.6 Å². The van der Waals surface area contributed by atoms with Crippen molar-refractivity contribution in [2.75, 3.05) is 23.0 Å². The average Bonchev–Trinajstić information content (AvgIpc) is 3.37. The molecule has 0 atom stereocenters. The lowest BCUT2D eigenvalue weighted by Gasteiger charge is -2.11. The van der Waals surface area contributed by atoms with Crippen LogP contribution < -0.4 is 10.6 Å².